The number of methoxy groups -OCH3 is 2. The van der Waals surface area contributed by atoms with Crippen molar-refractivity contribution in [2.45, 2.75) is 19.4 Å². The maximum Gasteiger partial charge on any atom is 0.176 e. The zero-order chi connectivity index (χ0) is 24.8. The second-order valence-electron chi connectivity index (χ2n) is 8.48. The van der Waals surface area contributed by atoms with E-state index in [2.05, 4.69) is 28.1 Å². The largest absolute Gasteiger partial charge is 0.495 e. The highest BCUT2D eigenvalue weighted by atomic mass is 35.5. The molecule has 188 valence electrons. The number of nitrogens with zero attached hydrogens (tertiary/aromatic N) is 2. The van der Waals surface area contributed by atoms with E-state index in [1.165, 1.54) is 0 Å². The number of hydrogen-bond acceptors (Lipinski definition) is 6. The zero-order valence-corrected chi connectivity index (χ0v) is 22.0. The number of anilines is 1. The molecule has 1 atom stereocenters. The van der Waals surface area contributed by atoms with E-state index in [-0.39, 0.29) is 6.04 Å². The first-order valence-corrected chi connectivity index (χ1v) is 12.6. The third-order valence-electron chi connectivity index (χ3n) is 6.27. The Balaban J connectivity index is 1.55. The van der Waals surface area contributed by atoms with Crippen LogP contribution in [-0.4, -0.2) is 68.5 Å². The molecule has 0 aliphatic carbocycles. The number of hydrogen-bond donors (Lipinski definition) is 1. The number of ether oxygens (including phenoxy) is 3. The number of furan rings is 1. The molecule has 1 aliphatic heterocycles. The summed E-state index contributed by atoms with van der Waals surface area (Å²) in [6.45, 7) is 7.34. The van der Waals surface area contributed by atoms with Crippen LogP contribution in [0.4, 0.5) is 5.69 Å². The molecule has 1 N–H and O–H groups in total. The maximum atomic E-state index is 6.27. The SMILES string of the molecule is COc1cc(Cl)ccc1NC(=S)N(CCCN1CCOCC1)[C@H](C)c1cc2cccc(OC)c2o1. The van der Waals surface area contributed by atoms with E-state index in [1.807, 2.05) is 30.3 Å². The molecule has 9 heteroatoms. The van der Waals surface area contributed by atoms with E-state index >= 15 is 0 Å². The Kier molecular flexibility index (Phi) is 8.73. The van der Waals surface area contributed by atoms with Crippen LogP contribution in [0.25, 0.3) is 11.0 Å². The lowest BCUT2D eigenvalue weighted by Crippen LogP contribution is -2.41. The Morgan fingerprint density at radius 2 is 1.91 bits per heavy atom. The summed E-state index contributed by atoms with van der Waals surface area (Å²) < 4.78 is 22.7. The molecular formula is C26H32ClN3O4S. The third kappa shape index (κ3) is 6.19. The van der Waals surface area contributed by atoms with Crippen molar-refractivity contribution in [1.29, 1.82) is 0 Å². The van der Waals surface area contributed by atoms with E-state index in [0.29, 0.717) is 21.6 Å². The van der Waals surface area contributed by atoms with Gasteiger partial charge in [0.1, 0.15) is 11.5 Å². The molecule has 1 fully saturated rings. The third-order valence-corrected chi connectivity index (χ3v) is 6.84. The summed E-state index contributed by atoms with van der Waals surface area (Å²) in [5.41, 5.74) is 1.50. The lowest BCUT2D eigenvalue weighted by molar-refractivity contribution is 0.0365. The van der Waals surface area contributed by atoms with Crippen LogP contribution >= 0.6 is 23.8 Å². The molecule has 3 aromatic rings. The van der Waals surface area contributed by atoms with Gasteiger partial charge in [-0.25, -0.2) is 0 Å². The van der Waals surface area contributed by atoms with Gasteiger partial charge < -0.3 is 28.8 Å². The molecule has 1 saturated heterocycles. The van der Waals surface area contributed by atoms with Gasteiger partial charge in [-0.05, 0) is 49.8 Å². The van der Waals surface area contributed by atoms with Gasteiger partial charge in [0.05, 0.1) is 39.2 Å². The molecule has 2 heterocycles. The highest BCUT2D eigenvalue weighted by Gasteiger charge is 2.24. The molecule has 0 unspecified atom stereocenters. The molecule has 2 aromatic carbocycles. The van der Waals surface area contributed by atoms with Gasteiger partial charge in [0.2, 0.25) is 0 Å². The number of morpholine rings is 1. The molecule has 0 bridgehead atoms. The van der Waals surface area contributed by atoms with E-state index in [4.69, 9.17) is 42.4 Å². The van der Waals surface area contributed by atoms with Crippen molar-refractivity contribution in [3.8, 4) is 11.5 Å². The number of para-hydroxylation sites is 1. The van der Waals surface area contributed by atoms with Crippen molar-refractivity contribution in [3.63, 3.8) is 0 Å². The van der Waals surface area contributed by atoms with Crippen LogP contribution in [0, 0.1) is 0 Å². The Morgan fingerprint density at radius 1 is 1.14 bits per heavy atom. The summed E-state index contributed by atoms with van der Waals surface area (Å²) in [7, 11) is 3.27. The Morgan fingerprint density at radius 3 is 2.66 bits per heavy atom. The number of thiocarbonyl (C=S) groups is 1. The van der Waals surface area contributed by atoms with E-state index in [0.717, 1.165) is 68.2 Å². The minimum Gasteiger partial charge on any atom is -0.495 e. The summed E-state index contributed by atoms with van der Waals surface area (Å²) in [5.74, 6) is 2.17. The fourth-order valence-electron chi connectivity index (χ4n) is 4.29. The van der Waals surface area contributed by atoms with Crippen LogP contribution < -0.4 is 14.8 Å². The quantitative estimate of drug-likeness (QED) is 0.369. The van der Waals surface area contributed by atoms with Crippen molar-refractivity contribution in [2.75, 3.05) is 58.9 Å². The first kappa shape index (κ1) is 25.6. The highest BCUT2D eigenvalue weighted by Crippen LogP contribution is 2.34. The summed E-state index contributed by atoms with van der Waals surface area (Å²) in [4.78, 5) is 4.59. The molecule has 35 heavy (non-hydrogen) atoms. The minimum absolute atomic E-state index is 0.102. The normalized spacial score (nSPS) is 15.1. The molecule has 1 aromatic heterocycles. The van der Waals surface area contributed by atoms with E-state index < -0.39 is 0 Å². The van der Waals surface area contributed by atoms with Gasteiger partial charge in [-0.2, -0.15) is 0 Å². The lowest BCUT2D eigenvalue weighted by Gasteiger charge is -2.32. The summed E-state index contributed by atoms with van der Waals surface area (Å²) in [6.07, 6.45) is 0.952. The fourth-order valence-corrected chi connectivity index (χ4v) is 4.81. The van der Waals surface area contributed by atoms with Crippen LogP contribution in [0.5, 0.6) is 11.5 Å². The summed E-state index contributed by atoms with van der Waals surface area (Å²) >= 11 is 12.0. The smallest absolute Gasteiger partial charge is 0.176 e. The molecular weight excluding hydrogens is 486 g/mol. The average Bonchev–Trinajstić information content (AvgIpc) is 3.32. The van der Waals surface area contributed by atoms with Crippen molar-refractivity contribution < 1.29 is 18.6 Å². The number of rotatable bonds is 9. The van der Waals surface area contributed by atoms with Gasteiger partial charge in [0.25, 0.3) is 0 Å². The van der Waals surface area contributed by atoms with Crippen molar-refractivity contribution in [1.82, 2.24) is 9.80 Å². The molecule has 0 saturated carbocycles. The number of fused-ring (bicyclic) bond motifs is 1. The number of nitrogens with one attached hydrogen (secondary N) is 1. The van der Waals surface area contributed by atoms with Gasteiger partial charge in [-0.15, -0.1) is 0 Å². The van der Waals surface area contributed by atoms with Gasteiger partial charge in [0, 0.05) is 42.7 Å². The van der Waals surface area contributed by atoms with E-state index in [9.17, 15) is 0 Å². The Bertz CT molecular complexity index is 1150. The standard InChI is InChI=1S/C26H32ClN3O4S/c1-18(23-16-19-6-4-7-22(31-2)25(19)34-23)30(11-5-10-29-12-14-33-15-13-29)26(35)28-21-9-8-20(27)17-24(21)32-3/h4,6-9,16-18H,5,10-15H2,1-3H3,(H,28,35)/t18-/m1/s1. The first-order chi connectivity index (χ1) is 17.0. The minimum atomic E-state index is -0.102. The second-order valence-corrected chi connectivity index (χ2v) is 9.30. The van der Waals surface area contributed by atoms with Crippen molar-refractivity contribution in [3.05, 3.63) is 53.2 Å². The Hall–Kier alpha value is -2.52. The predicted molar refractivity (Wildman–Crippen MR) is 144 cm³/mol. The van der Waals surface area contributed by atoms with Gasteiger partial charge in [-0.3, -0.25) is 4.90 Å². The molecule has 0 radical (unpaired) electrons. The van der Waals surface area contributed by atoms with E-state index in [1.54, 1.807) is 20.3 Å². The Labute approximate surface area is 216 Å². The van der Waals surface area contributed by atoms with Crippen molar-refractivity contribution >= 4 is 45.6 Å². The second kappa shape index (κ2) is 11.9. The topological polar surface area (TPSA) is 59.3 Å². The van der Waals surface area contributed by atoms with Crippen LogP contribution in [0.2, 0.25) is 5.02 Å². The number of benzene rings is 2. The number of halogens is 1. The van der Waals surface area contributed by atoms with Crippen LogP contribution in [-0.2, 0) is 4.74 Å². The average molecular weight is 518 g/mol. The monoisotopic (exact) mass is 517 g/mol. The van der Waals surface area contributed by atoms with Gasteiger partial charge >= 0.3 is 0 Å². The lowest BCUT2D eigenvalue weighted by atomic mass is 10.2. The summed E-state index contributed by atoms with van der Waals surface area (Å²) in [5, 5.41) is 5.55. The fraction of sp³-hybridized carbons (Fsp3) is 0.423. The van der Waals surface area contributed by atoms with Crippen molar-refractivity contribution in [2.24, 2.45) is 0 Å². The first-order valence-electron chi connectivity index (χ1n) is 11.8. The van der Waals surface area contributed by atoms with Gasteiger partial charge in [-0.1, -0.05) is 23.7 Å². The predicted octanol–water partition coefficient (Wildman–Crippen LogP) is 5.59. The molecule has 0 spiro atoms. The van der Waals surface area contributed by atoms with Gasteiger partial charge in [0.15, 0.2) is 16.4 Å². The van der Waals surface area contributed by atoms with Crippen LogP contribution in [0.3, 0.4) is 0 Å². The maximum absolute atomic E-state index is 6.27. The summed E-state index contributed by atoms with van der Waals surface area (Å²) in [6, 6.07) is 13.3. The molecule has 4 rings (SSSR count). The molecule has 1 aliphatic rings. The highest BCUT2D eigenvalue weighted by molar-refractivity contribution is 7.80. The molecule has 7 nitrogen and oxygen atoms in total. The van der Waals surface area contributed by atoms with Crippen LogP contribution in [0.1, 0.15) is 25.1 Å². The zero-order valence-electron chi connectivity index (χ0n) is 20.4. The molecule has 0 amide bonds. The van der Waals surface area contributed by atoms with Crippen LogP contribution in [0.15, 0.2) is 46.9 Å².